The molecule has 0 aliphatic rings. The fourth-order valence-electron chi connectivity index (χ4n) is 2.09. The minimum Gasteiger partial charge on any atom is -0.314 e. The zero-order valence-electron chi connectivity index (χ0n) is 11.7. The van der Waals surface area contributed by atoms with Crippen LogP contribution in [0.5, 0.6) is 0 Å². The Morgan fingerprint density at radius 1 is 1.33 bits per heavy atom. The zero-order valence-corrected chi connectivity index (χ0v) is 12.4. The van der Waals surface area contributed by atoms with Gasteiger partial charge >= 0.3 is 0 Å². The van der Waals surface area contributed by atoms with E-state index in [1.54, 1.807) is 6.07 Å². The van der Waals surface area contributed by atoms with Crippen molar-refractivity contribution in [2.24, 2.45) is 5.41 Å². The zero-order chi connectivity index (χ0) is 13.8. The van der Waals surface area contributed by atoms with Gasteiger partial charge in [-0.3, -0.25) is 0 Å². The van der Waals surface area contributed by atoms with Gasteiger partial charge in [0.2, 0.25) is 0 Å². The lowest BCUT2D eigenvalue weighted by atomic mass is 9.83. The third-order valence-corrected chi connectivity index (χ3v) is 3.51. The van der Waals surface area contributed by atoms with E-state index < -0.39 is 0 Å². The van der Waals surface area contributed by atoms with E-state index in [-0.39, 0.29) is 16.3 Å². The second-order valence-corrected chi connectivity index (χ2v) is 6.17. The van der Waals surface area contributed by atoms with E-state index in [1.807, 2.05) is 6.07 Å². The standard InChI is InChI=1S/C15H23ClFN/c1-5-18-14(15(2,3)4)9-7-11-6-8-12(16)13(17)10-11/h6,8,10,14,18H,5,7,9H2,1-4H3. The molecule has 3 heteroatoms. The summed E-state index contributed by atoms with van der Waals surface area (Å²) in [6.45, 7) is 9.74. The molecule has 1 aromatic rings. The first-order valence-electron chi connectivity index (χ1n) is 6.52. The van der Waals surface area contributed by atoms with Crippen LogP contribution in [-0.2, 0) is 6.42 Å². The molecule has 1 nitrogen and oxygen atoms in total. The van der Waals surface area contributed by atoms with Gasteiger partial charge in [-0.25, -0.2) is 4.39 Å². The highest BCUT2D eigenvalue weighted by Crippen LogP contribution is 2.24. The first kappa shape index (κ1) is 15.5. The minimum absolute atomic E-state index is 0.192. The van der Waals surface area contributed by atoms with Crippen molar-refractivity contribution in [3.05, 3.63) is 34.6 Å². The van der Waals surface area contributed by atoms with Gasteiger partial charge in [-0.15, -0.1) is 0 Å². The third-order valence-electron chi connectivity index (χ3n) is 3.20. The molecule has 0 fully saturated rings. The maximum Gasteiger partial charge on any atom is 0.142 e. The Morgan fingerprint density at radius 2 is 2.00 bits per heavy atom. The van der Waals surface area contributed by atoms with Crippen molar-refractivity contribution in [2.45, 2.75) is 46.6 Å². The predicted molar refractivity (Wildman–Crippen MR) is 76.7 cm³/mol. The summed E-state index contributed by atoms with van der Waals surface area (Å²) >= 11 is 5.68. The molecule has 0 heterocycles. The average molecular weight is 272 g/mol. The van der Waals surface area contributed by atoms with Gasteiger partial charge in [0.25, 0.3) is 0 Å². The summed E-state index contributed by atoms with van der Waals surface area (Å²) in [5, 5.41) is 3.69. The van der Waals surface area contributed by atoms with Crippen molar-refractivity contribution in [1.82, 2.24) is 5.32 Å². The van der Waals surface area contributed by atoms with Gasteiger partial charge in [0.1, 0.15) is 5.82 Å². The summed E-state index contributed by atoms with van der Waals surface area (Å²) < 4.78 is 13.3. The van der Waals surface area contributed by atoms with Gasteiger partial charge in [-0.2, -0.15) is 0 Å². The van der Waals surface area contributed by atoms with Crippen LogP contribution in [-0.4, -0.2) is 12.6 Å². The Bertz CT molecular complexity index is 385. The molecule has 0 saturated heterocycles. The van der Waals surface area contributed by atoms with Crippen molar-refractivity contribution in [3.8, 4) is 0 Å². The maximum absolute atomic E-state index is 13.3. The predicted octanol–water partition coefficient (Wildman–Crippen LogP) is 4.44. The van der Waals surface area contributed by atoms with Crippen molar-refractivity contribution >= 4 is 11.6 Å². The second-order valence-electron chi connectivity index (χ2n) is 5.76. The van der Waals surface area contributed by atoms with Crippen LogP contribution < -0.4 is 5.32 Å². The maximum atomic E-state index is 13.3. The quantitative estimate of drug-likeness (QED) is 0.835. The molecule has 0 saturated carbocycles. The average Bonchev–Trinajstić information content (AvgIpc) is 2.27. The SMILES string of the molecule is CCNC(CCc1ccc(Cl)c(F)c1)C(C)(C)C. The van der Waals surface area contributed by atoms with Gasteiger partial charge in [0.15, 0.2) is 0 Å². The molecule has 0 aliphatic carbocycles. The molecule has 1 atom stereocenters. The van der Waals surface area contributed by atoms with Crippen LogP contribution in [0.25, 0.3) is 0 Å². The van der Waals surface area contributed by atoms with Crippen LogP contribution in [0.4, 0.5) is 4.39 Å². The smallest absolute Gasteiger partial charge is 0.142 e. The molecule has 0 amide bonds. The summed E-state index contributed by atoms with van der Waals surface area (Å²) in [5.41, 5.74) is 1.21. The van der Waals surface area contributed by atoms with Crippen LogP contribution >= 0.6 is 11.6 Å². The Kier molecular flexibility index (Phi) is 5.61. The molecule has 1 aromatic carbocycles. The summed E-state index contributed by atoms with van der Waals surface area (Å²) in [7, 11) is 0. The lowest BCUT2D eigenvalue weighted by Gasteiger charge is -2.31. The molecule has 0 aromatic heterocycles. The summed E-state index contributed by atoms with van der Waals surface area (Å²) in [4.78, 5) is 0. The number of rotatable bonds is 5. The molecule has 1 unspecified atom stereocenters. The minimum atomic E-state index is -0.329. The molecular formula is C15H23ClFN. The van der Waals surface area contributed by atoms with E-state index in [9.17, 15) is 4.39 Å². The topological polar surface area (TPSA) is 12.0 Å². The Hall–Kier alpha value is -0.600. The molecule has 102 valence electrons. The fourth-order valence-corrected chi connectivity index (χ4v) is 2.21. The molecule has 1 rings (SSSR count). The second kappa shape index (κ2) is 6.53. The Morgan fingerprint density at radius 3 is 2.50 bits per heavy atom. The first-order chi connectivity index (χ1) is 8.34. The number of nitrogens with one attached hydrogen (secondary N) is 1. The van der Waals surface area contributed by atoms with Gasteiger partial charge < -0.3 is 5.32 Å². The largest absolute Gasteiger partial charge is 0.314 e. The lowest BCUT2D eigenvalue weighted by molar-refractivity contribution is 0.258. The number of halogens is 2. The molecule has 18 heavy (non-hydrogen) atoms. The van der Waals surface area contributed by atoms with Gasteiger partial charge in [0, 0.05) is 6.04 Å². The monoisotopic (exact) mass is 271 g/mol. The van der Waals surface area contributed by atoms with E-state index in [0.717, 1.165) is 24.9 Å². The van der Waals surface area contributed by atoms with Crippen LogP contribution in [0, 0.1) is 11.2 Å². The Balaban J connectivity index is 2.64. The molecule has 0 radical (unpaired) electrons. The molecular weight excluding hydrogens is 249 g/mol. The van der Waals surface area contributed by atoms with Crippen LogP contribution in [0.3, 0.4) is 0 Å². The van der Waals surface area contributed by atoms with Crippen molar-refractivity contribution in [1.29, 1.82) is 0 Å². The summed E-state index contributed by atoms with van der Waals surface area (Å²) in [6, 6.07) is 5.50. The highest BCUT2D eigenvalue weighted by atomic mass is 35.5. The van der Waals surface area contributed by atoms with E-state index in [4.69, 9.17) is 11.6 Å². The Labute approximate surface area is 115 Å². The summed E-state index contributed by atoms with van der Waals surface area (Å²) in [6.07, 6.45) is 1.86. The van der Waals surface area contributed by atoms with E-state index in [1.165, 1.54) is 6.07 Å². The van der Waals surface area contributed by atoms with Crippen molar-refractivity contribution in [3.63, 3.8) is 0 Å². The van der Waals surface area contributed by atoms with Crippen LogP contribution in [0.15, 0.2) is 18.2 Å². The van der Waals surface area contributed by atoms with E-state index >= 15 is 0 Å². The van der Waals surface area contributed by atoms with Crippen molar-refractivity contribution in [2.75, 3.05) is 6.54 Å². The third kappa shape index (κ3) is 4.58. The molecule has 0 aliphatic heterocycles. The lowest BCUT2D eigenvalue weighted by Crippen LogP contribution is -2.40. The number of aryl methyl sites for hydroxylation is 1. The first-order valence-corrected chi connectivity index (χ1v) is 6.89. The van der Waals surface area contributed by atoms with Gasteiger partial charge in [-0.05, 0) is 42.5 Å². The van der Waals surface area contributed by atoms with Crippen LogP contribution in [0.1, 0.15) is 39.7 Å². The van der Waals surface area contributed by atoms with Crippen LogP contribution in [0.2, 0.25) is 5.02 Å². The number of hydrogen-bond donors (Lipinski definition) is 1. The fraction of sp³-hybridized carbons (Fsp3) is 0.600. The molecule has 1 N–H and O–H groups in total. The highest BCUT2D eigenvalue weighted by molar-refractivity contribution is 6.30. The highest BCUT2D eigenvalue weighted by Gasteiger charge is 2.23. The number of hydrogen-bond acceptors (Lipinski definition) is 1. The number of benzene rings is 1. The van der Waals surface area contributed by atoms with Gasteiger partial charge in [-0.1, -0.05) is 45.4 Å². The molecule has 0 spiro atoms. The van der Waals surface area contributed by atoms with Crippen molar-refractivity contribution < 1.29 is 4.39 Å². The van der Waals surface area contributed by atoms with Gasteiger partial charge in [0.05, 0.1) is 5.02 Å². The van der Waals surface area contributed by atoms with E-state index in [2.05, 4.69) is 33.0 Å². The summed E-state index contributed by atoms with van der Waals surface area (Å²) in [5.74, 6) is -0.329. The van der Waals surface area contributed by atoms with E-state index in [0.29, 0.717) is 6.04 Å². The normalized spacial score (nSPS) is 13.7. The molecule has 0 bridgehead atoms.